The molecule has 1 saturated carbocycles. The van der Waals surface area contributed by atoms with Crippen LogP contribution in [0.15, 0.2) is 66.5 Å². The lowest BCUT2D eigenvalue weighted by Crippen LogP contribution is -2.57. The lowest BCUT2D eigenvalue weighted by atomic mass is 9.90. The van der Waals surface area contributed by atoms with Crippen molar-refractivity contribution in [3.05, 3.63) is 72.3 Å². The van der Waals surface area contributed by atoms with Crippen molar-refractivity contribution in [2.24, 2.45) is 0 Å². The number of ether oxygens (including phenoxy) is 1. The van der Waals surface area contributed by atoms with Gasteiger partial charge in [-0.15, -0.1) is 0 Å². The zero-order valence-electron chi connectivity index (χ0n) is 28.1. The van der Waals surface area contributed by atoms with Gasteiger partial charge in [0.05, 0.1) is 11.4 Å². The van der Waals surface area contributed by atoms with Crippen LogP contribution in [0.2, 0.25) is 0 Å². The topological polar surface area (TPSA) is 129 Å². The Hall–Kier alpha value is -4.86. The normalized spacial score (nSPS) is 19.8. The van der Waals surface area contributed by atoms with Crippen LogP contribution in [0.4, 0.5) is 10.2 Å². The molecule has 3 aliphatic rings. The second-order valence-corrected chi connectivity index (χ2v) is 13.8. The number of benzene rings is 2. The first kappa shape index (κ1) is 32.7. The molecule has 0 radical (unpaired) electrons. The van der Waals surface area contributed by atoms with Crippen molar-refractivity contribution in [3.8, 4) is 28.8 Å². The Morgan fingerprint density at radius 2 is 1.76 bits per heavy atom. The number of anilines is 1. The average molecular weight is 664 g/mol. The van der Waals surface area contributed by atoms with Gasteiger partial charge in [0.1, 0.15) is 46.8 Å². The molecular weight excluding hydrogens is 621 g/mol. The molecule has 254 valence electrons. The summed E-state index contributed by atoms with van der Waals surface area (Å²) in [6, 6.07) is 16.4. The number of rotatable bonds is 8. The highest BCUT2D eigenvalue weighted by molar-refractivity contribution is 5.99. The monoisotopic (exact) mass is 663 g/mol. The van der Waals surface area contributed by atoms with Crippen LogP contribution in [-0.2, 0) is 4.79 Å². The molecule has 4 heterocycles. The molecule has 49 heavy (non-hydrogen) atoms. The largest absolute Gasteiger partial charge is 0.457 e. The fourth-order valence-electron chi connectivity index (χ4n) is 7.33. The first-order chi connectivity index (χ1) is 23.7. The summed E-state index contributed by atoms with van der Waals surface area (Å²) in [5.74, 6) is 0.309. The van der Waals surface area contributed by atoms with E-state index in [0.29, 0.717) is 53.8 Å². The molecule has 0 spiro atoms. The van der Waals surface area contributed by atoms with Gasteiger partial charge in [0.15, 0.2) is 5.65 Å². The summed E-state index contributed by atoms with van der Waals surface area (Å²) in [5, 5.41) is 15.5. The number of amides is 1. The van der Waals surface area contributed by atoms with Crippen molar-refractivity contribution in [1.29, 1.82) is 5.26 Å². The Kier molecular flexibility index (Phi) is 9.05. The first-order valence-electron chi connectivity index (χ1n) is 17.1. The number of hydrogen-bond acceptors (Lipinski definition) is 9. The summed E-state index contributed by atoms with van der Waals surface area (Å²) in [7, 11) is 0. The molecule has 4 aromatic rings. The highest BCUT2D eigenvalue weighted by Gasteiger charge is 2.35. The van der Waals surface area contributed by atoms with E-state index >= 15 is 4.39 Å². The summed E-state index contributed by atoms with van der Waals surface area (Å²) >= 11 is 0. The molecule has 12 heteroatoms. The quantitative estimate of drug-likeness (QED) is 0.190. The number of hydrogen-bond donors (Lipinski definition) is 1. The Labute approximate surface area is 285 Å². The van der Waals surface area contributed by atoms with Gasteiger partial charge in [-0.05, 0) is 69.9 Å². The second-order valence-electron chi connectivity index (χ2n) is 13.8. The van der Waals surface area contributed by atoms with Gasteiger partial charge < -0.3 is 15.4 Å². The molecule has 1 amide bonds. The first-order valence-corrected chi connectivity index (χ1v) is 17.1. The van der Waals surface area contributed by atoms with Crippen LogP contribution >= 0.6 is 0 Å². The third kappa shape index (κ3) is 6.60. The van der Waals surface area contributed by atoms with Crippen LogP contribution in [0.25, 0.3) is 22.3 Å². The lowest BCUT2D eigenvalue weighted by Gasteiger charge is -2.47. The minimum absolute atomic E-state index is 0.143. The van der Waals surface area contributed by atoms with E-state index in [4.69, 9.17) is 15.6 Å². The van der Waals surface area contributed by atoms with Crippen molar-refractivity contribution in [3.63, 3.8) is 0 Å². The Morgan fingerprint density at radius 3 is 2.45 bits per heavy atom. The van der Waals surface area contributed by atoms with Crippen LogP contribution in [0, 0.1) is 17.1 Å². The number of nitriles is 1. The minimum atomic E-state index is -0.528. The van der Waals surface area contributed by atoms with E-state index in [1.165, 1.54) is 31.7 Å². The summed E-state index contributed by atoms with van der Waals surface area (Å²) in [4.78, 5) is 29.2. The van der Waals surface area contributed by atoms with Gasteiger partial charge in [-0.2, -0.15) is 10.4 Å². The smallest absolute Gasteiger partial charge is 0.264 e. The van der Waals surface area contributed by atoms with Gasteiger partial charge in [0.25, 0.3) is 5.91 Å². The van der Waals surface area contributed by atoms with Crippen LogP contribution < -0.4 is 10.5 Å². The Morgan fingerprint density at radius 1 is 1.00 bits per heavy atom. The number of para-hydroxylation sites is 1. The molecular formula is C37H42FN9O2. The molecule has 1 aliphatic carbocycles. The Balaban J connectivity index is 1.11. The van der Waals surface area contributed by atoms with E-state index in [2.05, 4.69) is 39.7 Å². The van der Waals surface area contributed by atoms with Crippen molar-refractivity contribution in [1.82, 2.24) is 34.4 Å². The van der Waals surface area contributed by atoms with Crippen molar-refractivity contribution >= 4 is 22.8 Å². The molecule has 1 atom stereocenters. The minimum Gasteiger partial charge on any atom is -0.457 e. The summed E-state index contributed by atoms with van der Waals surface area (Å²) in [6.45, 7) is 8.83. The molecule has 3 fully saturated rings. The predicted molar refractivity (Wildman–Crippen MR) is 185 cm³/mol. The SMILES string of the molecule is CC(C)(/C=C(\C#N)C(=O)N1CCC[C@@H](n2nc(-c3ccc(Oc4ccccc4)cc3F)c3c(N)ncnc32)C1)N1CCN(C2CCC2)CC1. The van der Waals surface area contributed by atoms with Gasteiger partial charge in [0, 0.05) is 62.5 Å². The maximum absolute atomic E-state index is 15.7. The summed E-state index contributed by atoms with van der Waals surface area (Å²) < 4.78 is 23.2. The van der Waals surface area contributed by atoms with Crippen LogP contribution in [0.1, 0.15) is 52.0 Å². The van der Waals surface area contributed by atoms with Gasteiger partial charge in [-0.25, -0.2) is 19.0 Å². The van der Waals surface area contributed by atoms with E-state index < -0.39 is 11.4 Å². The maximum Gasteiger partial charge on any atom is 0.264 e. The van der Waals surface area contributed by atoms with E-state index in [-0.39, 0.29) is 28.9 Å². The molecule has 7 rings (SSSR count). The average Bonchev–Trinajstić information content (AvgIpc) is 3.48. The molecule has 2 aliphatic heterocycles. The predicted octanol–water partition coefficient (Wildman–Crippen LogP) is 5.57. The maximum atomic E-state index is 15.7. The molecule has 2 N–H and O–H groups in total. The van der Waals surface area contributed by atoms with Gasteiger partial charge >= 0.3 is 0 Å². The van der Waals surface area contributed by atoms with Crippen molar-refractivity contribution in [2.75, 3.05) is 45.0 Å². The third-order valence-electron chi connectivity index (χ3n) is 10.3. The molecule has 0 bridgehead atoms. The second kappa shape index (κ2) is 13.6. The number of aromatic nitrogens is 4. The number of likely N-dealkylation sites (tertiary alicyclic amines) is 1. The summed E-state index contributed by atoms with van der Waals surface area (Å²) in [6.07, 6.45) is 8.53. The number of carbonyl (C=O) groups is 1. The van der Waals surface area contributed by atoms with Crippen LogP contribution in [-0.4, -0.2) is 91.2 Å². The number of piperazine rings is 1. The number of fused-ring (bicyclic) bond motifs is 1. The molecule has 11 nitrogen and oxygen atoms in total. The standard InChI is InChI=1S/C37H42FN9O2/c1-37(2,46-18-16-44(17-19-46)26-8-6-9-26)21-25(22-39)36(48)45-15-7-10-27(23-45)47-35-32(34(40)41-24-42-35)33(43-47)30-14-13-29(20-31(30)38)49-28-11-4-3-5-12-28/h3-5,11-14,20-21,24,26-27H,6-10,15-19,23H2,1-2H3,(H2,40,41,42)/b25-21+/t27-/m1/s1. The van der Waals surface area contributed by atoms with Crippen LogP contribution in [0.5, 0.6) is 11.5 Å². The number of nitrogens with two attached hydrogens (primary N) is 1. The molecule has 2 aromatic carbocycles. The number of carbonyl (C=O) groups excluding carboxylic acids is 1. The molecule has 2 aromatic heterocycles. The zero-order chi connectivity index (χ0) is 34.1. The fourth-order valence-corrected chi connectivity index (χ4v) is 7.33. The molecule has 0 unspecified atom stereocenters. The lowest BCUT2D eigenvalue weighted by molar-refractivity contribution is -0.128. The Bertz CT molecular complexity index is 1910. The van der Waals surface area contributed by atoms with Gasteiger partial charge in [-0.1, -0.05) is 24.6 Å². The zero-order valence-corrected chi connectivity index (χ0v) is 28.1. The van der Waals surface area contributed by atoms with Crippen molar-refractivity contribution in [2.45, 2.75) is 63.6 Å². The number of nitrogen functional groups attached to an aromatic ring is 1. The number of nitrogens with zero attached hydrogens (tertiary/aromatic N) is 8. The summed E-state index contributed by atoms with van der Waals surface area (Å²) in [5.41, 5.74) is 7.05. The van der Waals surface area contributed by atoms with Crippen LogP contribution in [0.3, 0.4) is 0 Å². The van der Waals surface area contributed by atoms with E-state index in [0.717, 1.165) is 32.6 Å². The molecule has 2 saturated heterocycles. The van der Waals surface area contributed by atoms with E-state index in [1.54, 1.807) is 33.8 Å². The van der Waals surface area contributed by atoms with Gasteiger partial charge in [0.2, 0.25) is 0 Å². The number of piperidine rings is 1. The van der Waals surface area contributed by atoms with E-state index in [9.17, 15) is 10.1 Å². The van der Waals surface area contributed by atoms with Gasteiger partial charge in [-0.3, -0.25) is 14.6 Å². The highest BCUT2D eigenvalue weighted by Crippen LogP contribution is 2.37. The highest BCUT2D eigenvalue weighted by atomic mass is 19.1. The van der Waals surface area contributed by atoms with E-state index in [1.807, 2.05) is 24.3 Å². The fraction of sp³-hybridized carbons (Fsp3) is 0.432. The van der Waals surface area contributed by atoms with Crippen molar-refractivity contribution < 1.29 is 13.9 Å². The third-order valence-corrected chi connectivity index (χ3v) is 10.3. The number of halogens is 1.